The molecule has 0 heterocycles. The molecule has 0 saturated heterocycles. The van der Waals surface area contributed by atoms with Crippen LogP contribution in [0.5, 0.6) is 0 Å². The Kier molecular flexibility index (Phi) is 37.7. The van der Waals surface area contributed by atoms with Crippen LogP contribution >= 0.6 is 0 Å². The lowest BCUT2D eigenvalue weighted by Crippen LogP contribution is -2.42. The quantitative estimate of drug-likeness (QED) is 0.0470. The number of unbranched alkanes of at least 4 members (excludes halogenated alkanes) is 32. The average molecular weight is 709 g/mol. The summed E-state index contributed by atoms with van der Waals surface area (Å²) in [5, 5.41) is 0. The molecular formula is C44H88O4Si. The Labute approximate surface area is 309 Å². The maximum absolute atomic E-state index is 12.8. The standard InChI is InChI=1S/C44H88O4Si/c1-5-8-11-14-16-18-20-22-24-26-28-30-32-34-37-40-43(45)47-49(4,42-39-36-13-10-7-3)48-44(46)41-38-35-33-31-29-27-25-23-21-19-17-15-12-9-6-2/h5-42H2,1-4H3. The molecule has 0 radical (unpaired) electrons. The number of hydrogen-bond donors (Lipinski definition) is 0. The van der Waals surface area contributed by atoms with Crippen LogP contribution in [0.1, 0.15) is 258 Å². The van der Waals surface area contributed by atoms with Crippen molar-refractivity contribution < 1.29 is 18.4 Å². The van der Waals surface area contributed by atoms with Gasteiger partial charge in [-0.2, -0.15) is 0 Å². The van der Waals surface area contributed by atoms with Gasteiger partial charge in [-0.1, -0.05) is 226 Å². The fourth-order valence-corrected chi connectivity index (χ4v) is 9.34. The van der Waals surface area contributed by atoms with E-state index in [2.05, 4.69) is 20.8 Å². The van der Waals surface area contributed by atoms with E-state index in [0.29, 0.717) is 12.8 Å². The monoisotopic (exact) mass is 709 g/mol. The SMILES string of the molecule is CCCCCCCCCCCCCCCCCC(=O)O[Si](C)(CCCCCCC)OC(=O)CCCCCCCCCCCCCCCCC. The van der Waals surface area contributed by atoms with Gasteiger partial charge in [0.25, 0.3) is 11.9 Å². The zero-order valence-electron chi connectivity index (χ0n) is 34.0. The van der Waals surface area contributed by atoms with Crippen molar-refractivity contribution in [1.29, 1.82) is 0 Å². The maximum Gasteiger partial charge on any atom is 0.461 e. The minimum atomic E-state index is -2.85. The first-order valence-electron chi connectivity index (χ1n) is 22.4. The highest BCUT2D eigenvalue weighted by Gasteiger charge is 2.38. The molecule has 0 aromatic heterocycles. The fourth-order valence-electron chi connectivity index (χ4n) is 7.04. The molecule has 0 amide bonds. The third-order valence-corrected chi connectivity index (χ3v) is 12.9. The van der Waals surface area contributed by atoms with Crippen LogP contribution in [0.2, 0.25) is 12.6 Å². The maximum atomic E-state index is 12.8. The summed E-state index contributed by atoms with van der Waals surface area (Å²) in [6.07, 6.45) is 46.0. The third kappa shape index (κ3) is 36.7. The second-order valence-corrected chi connectivity index (χ2v) is 18.8. The van der Waals surface area contributed by atoms with Crippen molar-refractivity contribution in [3.63, 3.8) is 0 Å². The molecular weight excluding hydrogens is 621 g/mol. The third-order valence-electron chi connectivity index (χ3n) is 10.4. The van der Waals surface area contributed by atoms with E-state index < -0.39 is 8.56 Å². The summed E-state index contributed by atoms with van der Waals surface area (Å²) < 4.78 is 12.0. The van der Waals surface area contributed by atoms with Crippen molar-refractivity contribution in [2.24, 2.45) is 0 Å². The lowest BCUT2D eigenvalue weighted by atomic mass is 10.0. The predicted molar refractivity (Wildman–Crippen MR) is 216 cm³/mol. The van der Waals surface area contributed by atoms with Gasteiger partial charge in [-0.05, 0) is 19.3 Å². The Morgan fingerprint density at radius 1 is 0.327 bits per heavy atom. The minimum absolute atomic E-state index is 0.155. The lowest BCUT2D eigenvalue weighted by molar-refractivity contribution is -0.141. The zero-order valence-corrected chi connectivity index (χ0v) is 35.0. The van der Waals surface area contributed by atoms with Gasteiger partial charge < -0.3 is 8.85 Å². The first kappa shape index (κ1) is 48.2. The first-order chi connectivity index (χ1) is 24.0. The van der Waals surface area contributed by atoms with Gasteiger partial charge >= 0.3 is 8.56 Å². The van der Waals surface area contributed by atoms with E-state index >= 15 is 0 Å². The molecule has 49 heavy (non-hydrogen) atoms. The molecule has 0 unspecified atom stereocenters. The van der Waals surface area contributed by atoms with Crippen molar-refractivity contribution >= 4 is 20.5 Å². The van der Waals surface area contributed by atoms with Gasteiger partial charge in [0, 0.05) is 25.4 Å². The second kappa shape index (κ2) is 38.4. The number of rotatable bonds is 40. The topological polar surface area (TPSA) is 52.6 Å². The van der Waals surface area contributed by atoms with Crippen LogP contribution in [0.3, 0.4) is 0 Å². The summed E-state index contributed by atoms with van der Waals surface area (Å²) in [6, 6.07) is 0.728. The molecule has 0 aliphatic carbocycles. The van der Waals surface area contributed by atoms with E-state index in [1.807, 2.05) is 6.55 Å². The fraction of sp³-hybridized carbons (Fsp3) is 0.955. The van der Waals surface area contributed by atoms with Gasteiger partial charge in [-0.15, -0.1) is 0 Å². The molecule has 0 rings (SSSR count). The summed E-state index contributed by atoms with van der Waals surface area (Å²) in [4.78, 5) is 25.7. The van der Waals surface area contributed by atoms with Crippen molar-refractivity contribution in [2.45, 2.75) is 271 Å². The molecule has 0 aliphatic heterocycles. The summed E-state index contributed by atoms with van der Waals surface area (Å²) >= 11 is 0. The largest absolute Gasteiger partial charge is 0.485 e. The Balaban J connectivity index is 4.06. The smallest absolute Gasteiger partial charge is 0.461 e. The highest BCUT2D eigenvalue weighted by Crippen LogP contribution is 2.22. The van der Waals surface area contributed by atoms with Gasteiger partial charge in [0.05, 0.1) is 0 Å². The zero-order chi connectivity index (χ0) is 35.9. The van der Waals surface area contributed by atoms with E-state index in [0.717, 1.165) is 44.6 Å². The number of carbonyl (C=O) groups is 2. The van der Waals surface area contributed by atoms with Crippen molar-refractivity contribution in [3.05, 3.63) is 0 Å². The number of hydrogen-bond acceptors (Lipinski definition) is 4. The molecule has 0 saturated carbocycles. The molecule has 5 heteroatoms. The molecule has 4 nitrogen and oxygen atoms in total. The average Bonchev–Trinajstić information content (AvgIpc) is 3.08. The first-order valence-corrected chi connectivity index (χ1v) is 24.9. The molecule has 0 atom stereocenters. The van der Waals surface area contributed by atoms with Gasteiger partial charge in [-0.3, -0.25) is 9.59 Å². The summed E-state index contributed by atoms with van der Waals surface area (Å²) in [5.74, 6) is -0.311. The molecule has 0 bridgehead atoms. The Bertz CT molecular complexity index is 648. The Morgan fingerprint density at radius 3 is 0.776 bits per heavy atom. The van der Waals surface area contributed by atoms with Crippen molar-refractivity contribution in [2.75, 3.05) is 0 Å². The van der Waals surface area contributed by atoms with Crippen LogP contribution in [-0.2, 0) is 18.4 Å². The van der Waals surface area contributed by atoms with Crippen LogP contribution in [0.15, 0.2) is 0 Å². The minimum Gasteiger partial charge on any atom is -0.485 e. The van der Waals surface area contributed by atoms with E-state index in [-0.39, 0.29) is 11.9 Å². The van der Waals surface area contributed by atoms with Crippen LogP contribution in [-0.4, -0.2) is 20.5 Å². The summed E-state index contributed by atoms with van der Waals surface area (Å²) in [5.41, 5.74) is 0. The molecule has 0 spiro atoms. The van der Waals surface area contributed by atoms with Gasteiger partial charge in [0.15, 0.2) is 0 Å². The molecule has 292 valence electrons. The van der Waals surface area contributed by atoms with Gasteiger partial charge in [-0.25, -0.2) is 0 Å². The number of carbonyl (C=O) groups excluding carboxylic acids is 2. The summed E-state index contributed by atoms with van der Waals surface area (Å²) in [7, 11) is -2.85. The van der Waals surface area contributed by atoms with Crippen LogP contribution in [0.4, 0.5) is 0 Å². The van der Waals surface area contributed by atoms with Crippen LogP contribution < -0.4 is 0 Å². The predicted octanol–water partition coefficient (Wildman–Crippen LogP) is 15.6. The molecule has 0 aliphatic rings. The van der Waals surface area contributed by atoms with Crippen LogP contribution in [0.25, 0.3) is 0 Å². The van der Waals surface area contributed by atoms with Gasteiger partial charge in [0.2, 0.25) is 0 Å². The van der Waals surface area contributed by atoms with Crippen molar-refractivity contribution in [3.8, 4) is 0 Å². The second-order valence-electron chi connectivity index (χ2n) is 15.6. The van der Waals surface area contributed by atoms with Crippen molar-refractivity contribution in [1.82, 2.24) is 0 Å². The van der Waals surface area contributed by atoms with E-state index in [1.54, 1.807) is 0 Å². The Morgan fingerprint density at radius 2 is 0.531 bits per heavy atom. The highest BCUT2D eigenvalue weighted by atomic mass is 28.4. The highest BCUT2D eigenvalue weighted by molar-refractivity contribution is 6.69. The normalized spacial score (nSPS) is 11.7. The lowest BCUT2D eigenvalue weighted by Gasteiger charge is -2.26. The molecule has 0 N–H and O–H groups in total. The van der Waals surface area contributed by atoms with Gasteiger partial charge in [0.1, 0.15) is 0 Å². The van der Waals surface area contributed by atoms with Crippen LogP contribution in [0, 0.1) is 0 Å². The summed E-state index contributed by atoms with van der Waals surface area (Å²) in [6.45, 7) is 8.73. The molecule has 0 aromatic carbocycles. The van der Waals surface area contributed by atoms with E-state index in [1.165, 1.54) is 186 Å². The van der Waals surface area contributed by atoms with E-state index in [4.69, 9.17) is 8.85 Å². The van der Waals surface area contributed by atoms with E-state index in [9.17, 15) is 9.59 Å². The molecule has 0 aromatic rings. The molecule has 0 fully saturated rings. The Hall–Kier alpha value is -0.843.